The summed E-state index contributed by atoms with van der Waals surface area (Å²) in [6, 6.07) is 1.48. The summed E-state index contributed by atoms with van der Waals surface area (Å²) in [6.07, 6.45) is 5.74. The summed E-state index contributed by atoms with van der Waals surface area (Å²) in [7, 11) is 0. The maximum Gasteiger partial charge on any atom is 0.297 e. The van der Waals surface area contributed by atoms with Gasteiger partial charge >= 0.3 is 0 Å². The average molecular weight is 292 g/mol. The smallest absolute Gasteiger partial charge is 0.297 e. The molecule has 2 saturated heterocycles. The van der Waals surface area contributed by atoms with Gasteiger partial charge in [-0.2, -0.15) is 4.98 Å². The zero-order chi connectivity index (χ0) is 14.9. The summed E-state index contributed by atoms with van der Waals surface area (Å²) in [6.45, 7) is 11.9. The Balaban J connectivity index is 1.54. The SMILES string of the molecule is CC(C)(C)NCc1coc(N2CCC(N3CCCC3)C2)n1. The first kappa shape index (κ1) is 14.9. The Morgan fingerprint density at radius 2 is 2.05 bits per heavy atom. The van der Waals surface area contributed by atoms with Gasteiger partial charge in [-0.25, -0.2) is 0 Å². The lowest BCUT2D eigenvalue weighted by Gasteiger charge is -2.23. The number of anilines is 1. The van der Waals surface area contributed by atoms with Crippen molar-refractivity contribution >= 4 is 6.01 Å². The van der Waals surface area contributed by atoms with Crippen molar-refractivity contribution in [1.29, 1.82) is 0 Å². The zero-order valence-electron chi connectivity index (χ0n) is 13.6. The van der Waals surface area contributed by atoms with Crippen LogP contribution in [0.1, 0.15) is 45.7 Å². The van der Waals surface area contributed by atoms with E-state index in [-0.39, 0.29) is 5.54 Å². The fourth-order valence-corrected chi connectivity index (χ4v) is 3.20. The second kappa shape index (κ2) is 5.97. The average Bonchev–Trinajstić information content (AvgIpc) is 3.15. The van der Waals surface area contributed by atoms with Crippen LogP contribution in [0.25, 0.3) is 0 Å². The Morgan fingerprint density at radius 3 is 2.76 bits per heavy atom. The van der Waals surface area contributed by atoms with E-state index in [0.717, 1.165) is 31.3 Å². The topological polar surface area (TPSA) is 44.5 Å². The van der Waals surface area contributed by atoms with E-state index in [1.807, 2.05) is 0 Å². The number of hydrogen-bond acceptors (Lipinski definition) is 5. The molecular formula is C16H28N4O. The van der Waals surface area contributed by atoms with E-state index in [1.165, 1.54) is 32.4 Å². The largest absolute Gasteiger partial charge is 0.432 e. The van der Waals surface area contributed by atoms with Crippen LogP contribution in [-0.2, 0) is 6.54 Å². The molecule has 2 fully saturated rings. The van der Waals surface area contributed by atoms with Gasteiger partial charge in [0.25, 0.3) is 6.01 Å². The van der Waals surface area contributed by atoms with Crippen molar-refractivity contribution in [3.05, 3.63) is 12.0 Å². The molecule has 5 heteroatoms. The zero-order valence-corrected chi connectivity index (χ0v) is 13.6. The molecule has 0 amide bonds. The van der Waals surface area contributed by atoms with Crippen LogP contribution in [0.4, 0.5) is 6.01 Å². The fourth-order valence-electron chi connectivity index (χ4n) is 3.20. The second-order valence-electron chi connectivity index (χ2n) is 7.36. The van der Waals surface area contributed by atoms with Gasteiger partial charge in [0.15, 0.2) is 0 Å². The second-order valence-corrected chi connectivity index (χ2v) is 7.36. The highest BCUT2D eigenvalue weighted by atomic mass is 16.4. The Morgan fingerprint density at radius 1 is 1.29 bits per heavy atom. The minimum absolute atomic E-state index is 0.105. The van der Waals surface area contributed by atoms with E-state index < -0.39 is 0 Å². The summed E-state index contributed by atoms with van der Waals surface area (Å²) in [5, 5.41) is 3.45. The highest BCUT2D eigenvalue weighted by Gasteiger charge is 2.31. The molecule has 5 nitrogen and oxygen atoms in total. The first-order chi connectivity index (χ1) is 10.0. The first-order valence-corrected chi connectivity index (χ1v) is 8.20. The molecule has 3 heterocycles. The molecule has 3 rings (SSSR count). The van der Waals surface area contributed by atoms with Crippen LogP contribution >= 0.6 is 0 Å². The lowest BCUT2D eigenvalue weighted by atomic mass is 10.1. The standard InChI is InChI=1S/C16H28N4O/c1-16(2,3)17-10-13-12-21-15(18-13)20-9-6-14(11-20)19-7-4-5-8-19/h12,14,17H,4-11H2,1-3H3. The predicted octanol–water partition coefficient (Wildman–Crippen LogP) is 2.24. The van der Waals surface area contributed by atoms with Crippen LogP contribution in [0.5, 0.6) is 0 Å². The number of rotatable bonds is 4. The molecule has 0 spiro atoms. The van der Waals surface area contributed by atoms with E-state index in [9.17, 15) is 0 Å². The summed E-state index contributed by atoms with van der Waals surface area (Å²) >= 11 is 0. The molecule has 0 radical (unpaired) electrons. The van der Waals surface area contributed by atoms with Crippen LogP contribution in [0.2, 0.25) is 0 Å². The number of aromatic nitrogens is 1. The number of hydrogen-bond donors (Lipinski definition) is 1. The molecule has 1 aromatic rings. The van der Waals surface area contributed by atoms with Gasteiger partial charge in [-0.05, 0) is 53.1 Å². The number of likely N-dealkylation sites (tertiary alicyclic amines) is 1. The van der Waals surface area contributed by atoms with E-state index in [4.69, 9.17) is 4.42 Å². The molecule has 0 aromatic carbocycles. The van der Waals surface area contributed by atoms with Crippen LogP contribution in [0, 0.1) is 0 Å². The van der Waals surface area contributed by atoms with Gasteiger partial charge in [-0.15, -0.1) is 0 Å². The van der Waals surface area contributed by atoms with Crippen molar-refractivity contribution in [3.63, 3.8) is 0 Å². The van der Waals surface area contributed by atoms with Crippen molar-refractivity contribution in [2.75, 3.05) is 31.1 Å². The van der Waals surface area contributed by atoms with E-state index >= 15 is 0 Å². The minimum Gasteiger partial charge on any atom is -0.432 e. The van der Waals surface area contributed by atoms with Crippen LogP contribution in [0.3, 0.4) is 0 Å². The highest BCUT2D eigenvalue weighted by Crippen LogP contribution is 2.24. The fraction of sp³-hybridized carbons (Fsp3) is 0.812. The molecule has 118 valence electrons. The van der Waals surface area contributed by atoms with Crippen LogP contribution in [-0.4, -0.2) is 47.6 Å². The Kier molecular flexibility index (Phi) is 4.22. The van der Waals surface area contributed by atoms with E-state index in [2.05, 4.69) is 40.9 Å². The third-order valence-corrected chi connectivity index (χ3v) is 4.43. The molecule has 2 aliphatic heterocycles. The van der Waals surface area contributed by atoms with Crippen molar-refractivity contribution in [2.45, 2.75) is 58.2 Å². The molecule has 1 unspecified atom stereocenters. The van der Waals surface area contributed by atoms with Crippen molar-refractivity contribution in [2.24, 2.45) is 0 Å². The lowest BCUT2D eigenvalue weighted by molar-refractivity contribution is 0.260. The van der Waals surface area contributed by atoms with Crippen molar-refractivity contribution < 1.29 is 4.42 Å². The molecule has 0 saturated carbocycles. The Bertz CT molecular complexity index is 459. The van der Waals surface area contributed by atoms with Gasteiger partial charge in [0, 0.05) is 31.2 Å². The van der Waals surface area contributed by atoms with Crippen LogP contribution < -0.4 is 10.2 Å². The maximum atomic E-state index is 5.68. The van der Waals surface area contributed by atoms with Gasteiger partial charge in [-0.1, -0.05) is 0 Å². The Hall–Kier alpha value is -1.07. The van der Waals surface area contributed by atoms with Gasteiger partial charge in [0.1, 0.15) is 6.26 Å². The third kappa shape index (κ3) is 3.77. The monoisotopic (exact) mass is 292 g/mol. The number of nitrogens with zero attached hydrogens (tertiary/aromatic N) is 3. The molecule has 1 aromatic heterocycles. The molecule has 2 aliphatic rings. The summed E-state index contributed by atoms with van der Waals surface area (Å²) in [4.78, 5) is 9.56. The van der Waals surface area contributed by atoms with Crippen LogP contribution in [0.15, 0.2) is 10.7 Å². The molecule has 0 bridgehead atoms. The van der Waals surface area contributed by atoms with Gasteiger partial charge in [-0.3, -0.25) is 4.90 Å². The lowest BCUT2D eigenvalue weighted by Crippen LogP contribution is -2.35. The van der Waals surface area contributed by atoms with Gasteiger partial charge < -0.3 is 14.6 Å². The third-order valence-electron chi connectivity index (χ3n) is 4.43. The maximum absolute atomic E-state index is 5.68. The summed E-state index contributed by atoms with van der Waals surface area (Å²) in [5.41, 5.74) is 1.10. The highest BCUT2D eigenvalue weighted by molar-refractivity contribution is 5.30. The first-order valence-electron chi connectivity index (χ1n) is 8.20. The molecular weight excluding hydrogens is 264 g/mol. The molecule has 21 heavy (non-hydrogen) atoms. The summed E-state index contributed by atoms with van der Waals surface area (Å²) < 4.78 is 5.68. The Labute approximate surface area is 127 Å². The quantitative estimate of drug-likeness (QED) is 0.922. The molecule has 1 atom stereocenters. The predicted molar refractivity (Wildman–Crippen MR) is 84.5 cm³/mol. The van der Waals surface area contributed by atoms with Crippen molar-refractivity contribution in [1.82, 2.24) is 15.2 Å². The molecule has 1 N–H and O–H groups in total. The normalized spacial score (nSPS) is 24.1. The van der Waals surface area contributed by atoms with E-state index in [1.54, 1.807) is 6.26 Å². The van der Waals surface area contributed by atoms with Gasteiger partial charge in [0.2, 0.25) is 0 Å². The number of nitrogens with one attached hydrogen (secondary N) is 1. The van der Waals surface area contributed by atoms with E-state index in [0.29, 0.717) is 6.04 Å². The minimum atomic E-state index is 0.105. The molecule has 0 aliphatic carbocycles. The summed E-state index contributed by atoms with van der Waals surface area (Å²) in [5.74, 6) is 0. The number of oxazole rings is 1. The van der Waals surface area contributed by atoms with Gasteiger partial charge in [0.05, 0.1) is 5.69 Å². The van der Waals surface area contributed by atoms with Crippen molar-refractivity contribution in [3.8, 4) is 0 Å².